The minimum Gasteiger partial charge on any atom is -0.300 e. The molecule has 2 heterocycles. The van der Waals surface area contributed by atoms with Gasteiger partial charge < -0.3 is 5.32 Å². The molecule has 1 N–H and O–H groups in total. The van der Waals surface area contributed by atoms with Crippen LogP contribution in [0.1, 0.15) is 17.8 Å². The van der Waals surface area contributed by atoms with E-state index in [0.29, 0.717) is 0 Å². The van der Waals surface area contributed by atoms with Crippen LogP contribution >= 0.6 is 11.3 Å². The zero-order valence-electron chi connectivity index (χ0n) is 13.2. The second-order valence-electron chi connectivity index (χ2n) is 6.54. The normalized spacial score (nSPS) is 29.6. The third-order valence-corrected chi connectivity index (χ3v) is 5.92. The van der Waals surface area contributed by atoms with Crippen molar-refractivity contribution in [3.63, 3.8) is 0 Å². The molecule has 0 aromatic carbocycles. The van der Waals surface area contributed by atoms with Gasteiger partial charge in [0.25, 0.3) is 0 Å². The Morgan fingerprint density at radius 1 is 1.19 bits per heavy atom. The number of carbonyl (C=O) groups is 3. The zero-order valence-corrected chi connectivity index (χ0v) is 14.0. The van der Waals surface area contributed by atoms with Crippen molar-refractivity contribution in [2.24, 2.45) is 23.7 Å². The molecule has 0 spiro atoms. The molecule has 2 bridgehead atoms. The molecular formula is C15H13F3N4O3S. The average Bonchev–Trinajstić information content (AvgIpc) is 3.30. The summed E-state index contributed by atoms with van der Waals surface area (Å²) in [5.41, 5.74) is 0. The van der Waals surface area contributed by atoms with Crippen LogP contribution in [0.3, 0.4) is 0 Å². The van der Waals surface area contributed by atoms with Crippen LogP contribution in [0, 0.1) is 23.7 Å². The molecule has 0 unspecified atom stereocenters. The van der Waals surface area contributed by atoms with Crippen LogP contribution in [0.2, 0.25) is 0 Å². The highest BCUT2D eigenvalue weighted by molar-refractivity contribution is 7.15. The molecular weight excluding hydrogens is 373 g/mol. The number of fused-ring (bicyclic) bond motifs is 5. The Bertz CT molecular complexity index is 791. The first-order valence-corrected chi connectivity index (χ1v) is 8.81. The minimum absolute atomic E-state index is 0.0856. The van der Waals surface area contributed by atoms with E-state index >= 15 is 0 Å². The number of halogens is 3. The van der Waals surface area contributed by atoms with E-state index in [1.165, 1.54) is 0 Å². The van der Waals surface area contributed by atoms with Gasteiger partial charge in [0.1, 0.15) is 0 Å². The van der Waals surface area contributed by atoms with Crippen molar-refractivity contribution in [1.82, 2.24) is 15.1 Å². The van der Waals surface area contributed by atoms with Crippen molar-refractivity contribution in [3.05, 3.63) is 17.2 Å². The van der Waals surface area contributed by atoms with Crippen LogP contribution < -0.4 is 5.32 Å². The van der Waals surface area contributed by atoms with Gasteiger partial charge >= 0.3 is 6.18 Å². The molecule has 2 aliphatic carbocycles. The maximum absolute atomic E-state index is 12.5. The number of nitrogens with zero attached hydrogens (tertiary/aromatic N) is 3. The van der Waals surface area contributed by atoms with Crippen LogP contribution in [0.4, 0.5) is 18.3 Å². The number of aromatic nitrogens is 2. The highest BCUT2D eigenvalue weighted by Crippen LogP contribution is 2.52. The Labute approximate surface area is 149 Å². The van der Waals surface area contributed by atoms with Gasteiger partial charge in [-0.1, -0.05) is 23.5 Å². The highest BCUT2D eigenvalue weighted by Gasteiger charge is 2.59. The van der Waals surface area contributed by atoms with Crippen molar-refractivity contribution in [2.75, 3.05) is 11.9 Å². The van der Waals surface area contributed by atoms with Gasteiger partial charge in [-0.2, -0.15) is 13.2 Å². The lowest BCUT2D eigenvalue weighted by atomic mass is 9.85. The van der Waals surface area contributed by atoms with Gasteiger partial charge in [-0.15, -0.1) is 10.2 Å². The molecule has 0 radical (unpaired) electrons. The number of hydrogen-bond acceptors (Lipinski definition) is 6. The second-order valence-corrected chi connectivity index (χ2v) is 7.51. The fourth-order valence-electron chi connectivity index (χ4n) is 3.97. The molecule has 1 saturated carbocycles. The molecule has 1 aromatic heterocycles. The Kier molecular flexibility index (Phi) is 3.86. The van der Waals surface area contributed by atoms with E-state index in [0.717, 1.165) is 11.3 Å². The molecule has 138 valence electrons. The van der Waals surface area contributed by atoms with E-state index in [4.69, 9.17) is 0 Å². The van der Waals surface area contributed by atoms with Crippen molar-refractivity contribution in [3.8, 4) is 0 Å². The van der Waals surface area contributed by atoms with Gasteiger partial charge in [-0.3, -0.25) is 19.3 Å². The van der Waals surface area contributed by atoms with Crippen LogP contribution in [0.15, 0.2) is 12.2 Å². The summed E-state index contributed by atoms with van der Waals surface area (Å²) < 4.78 is 37.4. The summed E-state index contributed by atoms with van der Waals surface area (Å²) in [7, 11) is 0. The number of rotatable bonds is 4. The number of imide groups is 1. The summed E-state index contributed by atoms with van der Waals surface area (Å²) in [5, 5.41) is 7.01. The maximum Gasteiger partial charge on any atom is 0.445 e. The maximum atomic E-state index is 12.5. The van der Waals surface area contributed by atoms with E-state index in [1.807, 2.05) is 12.2 Å². The minimum atomic E-state index is -4.62. The molecule has 7 nitrogen and oxygen atoms in total. The lowest BCUT2D eigenvalue weighted by Crippen LogP contribution is -2.35. The fraction of sp³-hybridized carbons (Fsp3) is 0.533. The Balaban J connectivity index is 1.35. The number of alkyl halides is 3. The summed E-state index contributed by atoms with van der Waals surface area (Å²) in [6.45, 7) is -0.0964. The molecule has 1 aromatic rings. The predicted octanol–water partition coefficient (Wildman–Crippen LogP) is 1.69. The second kappa shape index (κ2) is 5.86. The molecule has 1 aliphatic heterocycles. The summed E-state index contributed by atoms with van der Waals surface area (Å²) in [4.78, 5) is 37.9. The molecule has 3 aliphatic rings. The average molecular weight is 386 g/mol. The third-order valence-electron chi connectivity index (χ3n) is 5.04. The lowest BCUT2D eigenvalue weighted by Gasteiger charge is -2.16. The topological polar surface area (TPSA) is 92.3 Å². The van der Waals surface area contributed by atoms with Gasteiger partial charge in [0.2, 0.25) is 27.9 Å². The molecule has 3 amide bonds. The van der Waals surface area contributed by atoms with Gasteiger partial charge in [-0.05, 0) is 18.3 Å². The van der Waals surface area contributed by atoms with E-state index in [1.54, 1.807) is 0 Å². The summed E-state index contributed by atoms with van der Waals surface area (Å²) in [6, 6.07) is 0. The number of likely N-dealkylation sites (tertiary alicyclic amines) is 1. The zero-order chi connectivity index (χ0) is 18.6. The Morgan fingerprint density at radius 2 is 1.81 bits per heavy atom. The quantitative estimate of drug-likeness (QED) is 0.628. The van der Waals surface area contributed by atoms with Crippen LogP contribution in [0.25, 0.3) is 0 Å². The summed E-state index contributed by atoms with van der Waals surface area (Å²) in [6.07, 6.45) is -0.0671. The number of carbonyl (C=O) groups excluding carboxylic acids is 3. The third kappa shape index (κ3) is 2.70. The molecule has 2 fully saturated rings. The molecule has 1 saturated heterocycles. The molecule has 4 rings (SSSR count). The number of allylic oxidation sites excluding steroid dienone is 2. The Hall–Kier alpha value is -2.30. The first-order valence-electron chi connectivity index (χ1n) is 8.00. The summed E-state index contributed by atoms with van der Waals surface area (Å²) in [5.74, 6) is -1.66. The van der Waals surface area contributed by atoms with Crippen molar-refractivity contribution >= 4 is 34.2 Å². The number of nitrogens with one attached hydrogen (secondary N) is 1. The molecule has 11 heteroatoms. The van der Waals surface area contributed by atoms with E-state index in [-0.39, 0.29) is 64.9 Å². The Morgan fingerprint density at radius 3 is 2.35 bits per heavy atom. The number of hydrogen-bond donors (Lipinski definition) is 1. The SMILES string of the molecule is O=C(CCN1C(=O)[C@@H]2[C@H](C1=O)[C@H]1C=C[C@H]2C1)Nc1nnc(C(F)(F)F)s1. The van der Waals surface area contributed by atoms with E-state index < -0.39 is 17.1 Å². The van der Waals surface area contributed by atoms with Crippen molar-refractivity contribution < 1.29 is 27.6 Å². The number of amides is 3. The van der Waals surface area contributed by atoms with Crippen LogP contribution in [-0.4, -0.2) is 39.4 Å². The highest BCUT2D eigenvalue weighted by atomic mass is 32.1. The van der Waals surface area contributed by atoms with Gasteiger partial charge in [0.15, 0.2) is 0 Å². The van der Waals surface area contributed by atoms with E-state index in [9.17, 15) is 27.6 Å². The van der Waals surface area contributed by atoms with E-state index in [2.05, 4.69) is 15.5 Å². The monoisotopic (exact) mass is 386 g/mol. The first kappa shape index (κ1) is 17.1. The lowest BCUT2D eigenvalue weighted by molar-refractivity contribution is -0.141. The molecule has 4 atom stereocenters. The largest absolute Gasteiger partial charge is 0.445 e. The van der Waals surface area contributed by atoms with Crippen molar-refractivity contribution in [2.45, 2.75) is 19.0 Å². The number of anilines is 1. The predicted molar refractivity (Wildman–Crippen MR) is 82.6 cm³/mol. The summed E-state index contributed by atoms with van der Waals surface area (Å²) >= 11 is 0.215. The van der Waals surface area contributed by atoms with Gasteiger partial charge in [0.05, 0.1) is 11.8 Å². The van der Waals surface area contributed by atoms with Crippen molar-refractivity contribution in [1.29, 1.82) is 0 Å². The smallest absolute Gasteiger partial charge is 0.300 e. The van der Waals surface area contributed by atoms with Crippen LogP contribution in [-0.2, 0) is 20.6 Å². The standard InChI is InChI=1S/C15H13F3N4O3S/c16-15(17,18)13-20-21-14(26-13)19-8(23)3-4-22-11(24)9-6-1-2-7(5-6)10(9)12(22)25/h1-2,6-7,9-10H,3-5H2,(H,19,21,23)/t6-,7-,9-,10+/m0/s1. The first-order chi connectivity index (χ1) is 12.3. The molecule has 26 heavy (non-hydrogen) atoms. The van der Waals surface area contributed by atoms with Crippen LogP contribution in [0.5, 0.6) is 0 Å². The van der Waals surface area contributed by atoms with Gasteiger partial charge in [-0.25, -0.2) is 0 Å². The fourth-order valence-corrected chi connectivity index (χ4v) is 4.59. The van der Waals surface area contributed by atoms with Gasteiger partial charge in [0, 0.05) is 13.0 Å².